The summed E-state index contributed by atoms with van der Waals surface area (Å²) in [5.74, 6) is 0. The quantitative estimate of drug-likeness (QED) is 0.607. The lowest BCUT2D eigenvalue weighted by Gasteiger charge is -2.13. The molecule has 0 aliphatic carbocycles. The van der Waals surface area contributed by atoms with E-state index in [0.29, 0.717) is 6.04 Å². The first-order valence-corrected chi connectivity index (χ1v) is 4.26. The van der Waals surface area contributed by atoms with Crippen molar-refractivity contribution < 1.29 is 0 Å². The second kappa shape index (κ2) is 3.94. The summed E-state index contributed by atoms with van der Waals surface area (Å²) in [5.41, 5.74) is 0. The highest BCUT2D eigenvalue weighted by Crippen LogP contribution is 2.03. The molecule has 1 fully saturated rings. The minimum atomic E-state index is 0.627. The Hall–Kier alpha value is -0.0800. The van der Waals surface area contributed by atoms with Crippen LogP contribution in [0, 0.1) is 0 Å². The SMILES string of the molecule is CC(C)NC[C@H]1CCCN1. The molecule has 10 heavy (non-hydrogen) atoms. The summed E-state index contributed by atoms with van der Waals surface area (Å²) in [5, 5.41) is 6.87. The first-order valence-electron chi connectivity index (χ1n) is 4.26. The van der Waals surface area contributed by atoms with E-state index in [1.807, 2.05) is 0 Å². The number of hydrogen-bond acceptors (Lipinski definition) is 2. The molecule has 1 rings (SSSR count). The third-order valence-electron chi connectivity index (χ3n) is 1.93. The molecule has 0 aromatic carbocycles. The van der Waals surface area contributed by atoms with Gasteiger partial charge in [0.25, 0.3) is 0 Å². The summed E-state index contributed by atoms with van der Waals surface area (Å²) < 4.78 is 0. The summed E-state index contributed by atoms with van der Waals surface area (Å²) in [4.78, 5) is 0. The van der Waals surface area contributed by atoms with Crippen LogP contribution in [0.15, 0.2) is 0 Å². The van der Waals surface area contributed by atoms with E-state index in [4.69, 9.17) is 0 Å². The van der Waals surface area contributed by atoms with Crippen LogP contribution in [-0.4, -0.2) is 25.2 Å². The van der Waals surface area contributed by atoms with Gasteiger partial charge in [0.05, 0.1) is 0 Å². The van der Waals surface area contributed by atoms with E-state index in [-0.39, 0.29) is 0 Å². The lowest BCUT2D eigenvalue weighted by molar-refractivity contribution is 0.497. The summed E-state index contributed by atoms with van der Waals surface area (Å²) >= 11 is 0. The van der Waals surface area contributed by atoms with Crippen LogP contribution < -0.4 is 10.6 Å². The van der Waals surface area contributed by atoms with Crippen molar-refractivity contribution in [3.05, 3.63) is 0 Å². The van der Waals surface area contributed by atoms with E-state index in [1.54, 1.807) is 0 Å². The van der Waals surface area contributed by atoms with Crippen molar-refractivity contribution in [3.63, 3.8) is 0 Å². The van der Waals surface area contributed by atoms with Crippen molar-refractivity contribution in [2.75, 3.05) is 13.1 Å². The first-order chi connectivity index (χ1) is 4.79. The smallest absolute Gasteiger partial charge is 0.0193 e. The normalized spacial score (nSPS) is 26.1. The predicted octanol–water partition coefficient (Wildman–Crippen LogP) is 0.736. The topological polar surface area (TPSA) is 24.1 Å². The predicted molar refractivity (Wildman–Crippen MR) is 44.2 cm³/mol. The minimum Gasteiger partial charge on any atom is -0.313 e. The molecule has 2 heteroatoms. The Labute approximate surface area is 63.4 Å². The van der Waals surface area contributed by atoms with Crippen LogP contribution >= 0.6 is 0 Å². The molecule has 1 saturated heterocycles. The molecule has 1 atom stereocenters. The maximum absolute atomic E-state index is 3.45. The first kappa shape index (κ1) is 8.02. The van der Waals surface area contributed by atoms with Crippen molar-refractivity contribution in [2.45, 2.75) is 38.8 Å². The van der Waals surface area contributed by atoms with Gasteiger partial charge in [-0.25, -0.2) is 0 Å². The third kappa shape index (κ3) is 2.67. The van der Waals surface area contributed by atoms with Crippen molar-refractivity contribution in [1.82, 2.24) is 10.6 Å². The second-order valence-corrected chi connectivity index (χ2v) is 3.36. The molecule has 2 N–H and O–H groups in total. The summed E-state index contributed by atoms with van der Waals surface area (Å²) in [6.07, 6.45) is 2.70. The Kier molecular flexibility index (Phi) is 3.16. The van der Waals surface area contributed by atoms with Crippen molar-refractivity contribution >= 4 is 0 Å². The van der Waals surface area contributed by atoms with Gasteiger partial charge in [-0.15, -0.1) is 0 Å². The van der Waals surface area contributed by atoms with Crippen LogP contribution in [0.4, 0.5) is 0 Å². The van der Waals surface area contributed by atoms with E-state index < -0.39 is 0 Å². The fraction of sp³-hybridized carbons (Fsp3) is 1.00. The van der Waals surface area contributed by atoms with Gasteiger partial charge in [0.15, 0.2) is 0 Å². The molecule has 1 heterocycles. The Morgan fingerprint density at radius 3 is 2.90 bits per heavy atom. The van der Waals surface area contributed by atoms with Gasteiger partial charge in [0, 0.05) is 18.6 Å². The summed E-state index contributed by atoms with van der Waals surface area (Å²) in [7, 11) is 0. The van der Waals surface area contributed by atoms with Gasteiger partial charge in [0.2, 0.25) is 0 Å². The molecule has 1 aliphatic rings. The van der Waals surface area contributed by atoms with Gasteiger partial charge in [-0.3, -0.25) is 0 Å². The van der Waals surface area contributed by atoms with Crippen LogP contribution in [0.1, 0.15) is 26.7 Å². The molecule has 0 spiro atoms. The molecular weight excluding hydrogens is 124 g/mol. The zero-order valence-corrected chi connectivity index (χ0v) is 6.98. The van der Waals surface area contributed by atoms with Gasteiger partial charge < -0.3 is 10.6 Å². The van der Waals surface area contributed by atoms with Gasteiger partial charge >= 0.3 is 0 Å². The molecule has 0 saturated carbocycles. The molecule has 0 unspecified atom stereocenters. The molecule has 1 aliphatic heterocycles. The standard InChI is InChI=1S/C8H18N2/c1-7(2)10-6-8-4-3-5-9-8/h7-10H,3-6H2,1-2H3/t8-/m1/s1. The van der Waals surface area contributed by atoms with Gasteiger partial charge in [-0.2, -0.15) is 0 Å². The highest BCUT2D eigenvalue weighted by Gasteiger charge is 2.12. The molecular formula is C8H18N2. The van der Waals surface area contributed by atoms with Gasteiger partial charge in [0.1, 0.15) is 0 Å². The Bertz CT molecular complexity index is 85.3. The van der Waals surface area contributed by atoms with E-state index >= 15 is 0 Å². The zero-order chi connectivity index (χ0) is 7.40. The largest absolute Gasteiger partial charge is 0.313 e. The monoisotopic (exact) mass is 142 g/mol. The molecule has 0 amide bonds. The maximum atomic E-state index is 3.45. The van der Waals surface area contributed by atoms with E-state index in [9.17, 15) is 0 Å². The average molecular weight is 142 g/mol. The van der Waals surface area contributed by atoms with Crippen LogP contribution in [-0.2, 0) is 0 Å². The van der Waals surface area contributed by atoms with Crippen LogP contribution in [0.5, 0.6) is 0 Å². The number of rotatable bonds is 3. The van der Waals surface area contributed by atoms with Crippen LogP contribution in [0.2, 0.25) is 0 Å². The zero-order valence-electron chi connectivity index (χ0n) is 6.98. The summed E-state index contributed by atoms with van der Waals surface area (Å²) in [6.45, 7) is 6.73. The van der Waals surface area contributed by atoms with Crippen molar-refractivity contribution in [1.29, 1.82) is 0 Å². The van der Waals surface area contributed by atoms with E-state index in [1.165, 1.54) is 19.4 Å². The average Bonchev–Trinajstić information content (AvgIpc) is 2.34. The molecule has 0 radical (unpaired) electrons. The minimum absolute atomic E-state index is 0.627. The van der Waals surface area contributed by atoms with Crippen LogP contribution in [0.3, 0.4) is 0 Å². The number of hydrogen-bond donors (Lipinski definition) is 2. The van der Waals surface area contributed by atoms with Gasteiger partial charge in [-0.05, 0) is 19.4 Å². The molecule has 0 aromatic rings. The molecule has 60 valence electrons. The van der Waals surface area contributed by atoms with E-state index in [2.05, 4.69) is 24.5 Å². The van der Waals surface area contributed by atoms with Gasteiger partial charge in [-0.1, -0.05) is 13.8 Å². The Morgan fingerprint density at radius 2 is 2.40 bits per heavy atom. The fourth-order valence-corrected chi connectivity index (χ4v) is 1.31. The maximum Gasteiger partial charge on any atom is 0.0193 e. The summed E-state index contributed by atoms with van der Waals surface area (Å²) in [6, 6.07) is 1.37. The fourth-order valence-electron chi connectivity index (χ4n) is 1.31. The number of nitrogens with one attached hydrogen (secondary N) is 2. The highest BCUT2D eigenvalue weighted by molar-refractivity contribution is 4.76. The van der Waals surface area contributed by atoms with Crippen molar-refractivity contribution in [3.8, 4) is 0 Å². The lowest BCUT2D eigenvalue weighted by Crippen LogP contribution is -2.37. The molecule has 2 nitrogen and oxygen atoms in total. The third-order valence-corrected chi connectivity index (χ3v) is 1.93. The van der Waals surface area contributed by atoms with Crippen LogP contribution in [0.25, 0.3) is 0 Å². The van der Waals surface area contributed by atoms with Crippen molar-refractivity contribution in [2.24, 2.45) is 0 Å². The molecule has 0 bridgehead atoms. The molecule has 0 aromatic heterocycles. The highest BCUT2D eigenvalue weighted by atomic mass is 15.0. The second-order valence-electron chi connectivity index (χ2n) is 3.36. The Balaban J connectivity index is 2.01. The lowest BCUT2D eigenvalue weighted by atomic mass is 10.2. The Morgan fingerprint density at radius 1 is 1.60 bits per heavy atom. The van der Waals surface area contributed by atoms with E-state index in [0.717, 1.165) is 12.6 Å².